The minimum atomic E-state index is 0.131. The average Bonchev–Trinajstić information content (AvgIpc) is 3.24. The number of aryl methyl sites for hydroxylation is 1. The maximum absolute atomic E-state index is 13.5. The third kappa shape index (κ3) is 4.26. The zero-order valence-electron chi connectivity index (χ0n) is 18.2. The number of allylic oxidation sites excluding steroid dienone is 3. The van der Waals surface area contributed by atoms with Gasteiger partial charge in [-0.05, 0) is 37.8 Å². The van der Waals surface area contributed by atoms with Crippen LogP contribution in [0.2, 0.25) is 0 Å². The number of amides is 1. The molecule has 1 amide bonds. The smallest absolute Gasteiger partial charge is 0.259 e. The van der Waals surface area contributed by atoms with Crippen LogP contribution in [-0.4, -0.2) is 59.3 Å². The molecule has 0 atom stereocenters. The number of nitrogens with zero attached hydrogens (tertiary/aromatic N) is 4. The first-order valence-corrected chi connectivity index (χ1v) is 11.1. The van der Waals surface area contributed by atoms with Crippen LogP contribution in [0.5, 0.6) is 0 Å². The molecule has 3 aliphatic rings. The van der Waals surface area contributed by atoms with Crippen LogP contribution >= 0.6 is 0 Å². The summed E-state index contributed by atoms with van der Waals surface area (Å²) < 4.78 is 0. The lowest BCUT2D eigenvalue weighted by Gasteiger charge is -2.42. The van der Waals surface area contributed by atoms with Gasteiger partial charge >= 0.3 is 0 Å². The number of hydrogen-bond acceptors (Lipinski definition) is 4. The zero-order chi connectivity index (χ0) is 20.9. The van der Waals surface area contributed by atoms with Crippen molar-refractivity contribution in [1.29, 1.82) is 0 Å². The summed E-state index contributed by atoms with van der Waals surface area (Å²) >= 11 is 0. The Morgan fingerprint density at radius 1 is 1.10 bits per heavy atom. The highest BCUT2D eigenvalue weighted by Crippen LogP contribution is 2.31. The SMILES string of the molecule is C/C=C\CC/C=C/CN1CCC2=C(C1)C(=O)N(Cc1ccccc1C)C1=NCCN12. The average molecular weight is 405 g/mol. The highest BCUT2D eigenvalue weighted by atomic mass is 16.2. The third-order valence-electron chi connectivity index (χ3n) is 6.14. The molecule has 5 heteroatoms. The molecule has 1 aromatic rings. The standard InChI is InChI=1S/C25H32N4O/c1-3-4-5-6-7-10-15-27-16-13-23-22(19-27)24(30)29(25-26-14-17-28(23)25)18-21-12-9-8-11-20(21)2/h3-4,7-12H,5-6,13-19H2,1-2H3/b4-3-,10-7+. The number of guanidine groups is 1. The number of rotatable bonds is 7. The molecule has 0 aliphatic carbocycles. The molecule has 3 aliphatic heterocycles. The quantitative estimate of drug-likeness (QED) is 0.511. The van der Waals surface area contributed by atoms with Crippen LogP contribution in [0.1, 0.15) is 37.3 Å². The summed E-state index contributed by atoms with van der Waals surface area (Å²) in [6.45, 7) is 9.02. The molecule has 30 heavy (non-hydrogen) atoms. The lowest BCUT2D eigenvalue weighted by atomic mass is 10.00. The Morgan fingerprint density at radius 2 is 1.93 bits per heavy atom. The molecule has 0 N–H and O–H groups in total. The Morgan fingerprint density at radius 3 is 2.77 bits per heavy atom. The van der Waals surface area contributed by atoms with E-state index >= 15 is 0 Å². The number of unbranched alkanes of at least 4 members (excludes halogenated alkanes) is 1. The van der Waals surface area contributed by atoms with Crippen molar-refractivity contribution in [2.24, 2.45) is 4.99 Å². The van der Waals surface area contributed by atoms with Crippen LogP contribution in [0.25, 0.3) is 0 Å². The first-order valence-electron chi connectivity index (χ1n) is 11.1. The van der Waals surface area contributed by atoms with Gasteiger partial charge in [0.25, 0.3) is 5.91 Å². The van der Waals surface area contributed by atoms with Gasteiger partial charge in [-0.2, -0.15) is 0 Å². The molecule has 0 unspecified atom stereocenters. The molecule has 3 heterocycles. The predicted octanol–water partition coefficient (Wildman–Crippen LogP) is 3.88. The van der Waals surface area contributed by atoms with Gasteiger partial charge in [-0.1, -0.05) is 48.6 Å². The van der Waals surface area contributed by atoms with Gasteiger partial charge in [0.05, 0.1) is 18.7 Å². The number of aliphatic imine (C=N–C) groups is 1. The number of benzene rings is 1. The Labute approximate surface area is 180 Å². The van der Waals surface area contributed by atoms with Gasteiger partial charge in [0.1, 0.15) is 0 Å². The monoisotopic (exact) mass is 404 g/mol. The van der Waals surface area contributed by atoms with Gasteiger partial charge in [0.15, 0.2) is 0 Å². The minimum Gasteiger partial charge on any atom is -0.314 e. The van der Waals surface area contributed by atoms with Gasteiger partial charge in [0.2, 0.25) is 5.96 Å². The summed E-state index contributed by atoms with van der Waals surface area (Å²) in [5, 5.41) is 0. The number of fused-ring (bicyclic) bond motifs is 2. The van der Waals surface area contributed by atoms with Crippen LogP contribution in [0.15, 0.2) is 64.8 Å². The second-order valence-corrected chi connectivity index (χ2v) is 8.18. The zero-order valence-corrected chi connectivity index (χ0v) is 18.2. The van der Waals surface area contributed by atoms with Crippen LogP contribution < -0.4 is 0 Å². The van der Waals surface area contributed by atoms with E-state index in [-0.39, 0.29) is 5.91 Å². The molecule has 1 aromatic carbocycles. The first-order chi connectivity index (χ1) is 14.7. The number of carbonyl (C=O) groups is 1. The van der Waals surface area contributed by atoms with E-state index in [4.69, 9.17) is 4.99 Å². The predicted molar refractivity (Wildman–Crippen MR) is 122 cm³/mol. The highest BCUT2D eigenvalue weighted by molar-refractivity contribution is 6.09. The molecule has 158 valence electrons. The van der Waals surface area contributed by atoms with Crippen LogP contribution in [0.3, 0.4) is 0 Å². The second kappa shape index (κ2) is 9.43. The topological polar surface area (TPSA) is 39.2 Å². The van der Waals surface area contributed by atoms with E-state index in [1.54, 1.807) is 0 Å². The molecule has 0 saturated carbocycles. The van der Waals surface area contributed by atoms with Crippen molar-refractivity contribution >= 4 is 11.9 Å². The number of carbonyl (C=O) groups excluding carboxylic acids is 1. The summed E-state index contributed by atoms with van der Waals surface area (Å²) in [6, 6.07) is 8.30. The summed E-state index contributed by atoms with van der Waals surface area (Å²) in [5.74, 6) is 0.978. The second-order valence-electron chi connectivity index (χ2n) is 8.18. The molecule has 0 bridgehead atoms. The largest absolute Gasteiger partial charge is 0.314 e. The Hall–Kier alpha value is -2.66. The van der Waals surface area contributed by atoms with E-state index in [0.717, 1.165) is 63.5 Å². The summed E-state index contributed by atoms with van der Waals surface area (Å²) in [4.78, 5) is 24.8. The Bertz CT molecular complexity index is 911. The van der Waals surface area contributed by atoms with E-state index in [0.29, 0.717) is 6.54 Å². The normalized spacial score (nSPS) is 19.8. The van der Waals surface area contributed by atoms with Gasteiger partial charge in [-0.25, -0.2) is 0 Å². The van der Waals surface area contributed by atoms with E-state index in [1.165, 1.54) is 16.8 Å². The maximum Gasteiger partial charge on any atom is 0.259 e. The molecule has 0 saturated heterocycles. The number of hydrogen-bond donors (Lipinski definition) is 0. The van der Waals surface area contributed by atoms with Gasteiger partial charge in [0, 0.05) is 38.3 Å². The summed E-state index contributed by atoms with van der Waals surface area (Å²) in [6.07, 6.45) is 11.9. The first kappa shape index (κ1) is 20.6. The van der Waals surface area contributed by atoms with Crippen LogP contribution in [0.4, 0.5) is 0 Å². The van der Waals surface area contributed by atoms with E-state index in [9.17, 15) is 4.79 Å². The minimum absolute atomic E-state index is 0.131. The molecule has 5 nitrogen and oxygen atoms in total. The lowest BCUT2D eigenvalue weighted by Crippen LogP contribution is -2.53. The fourth-order valence-corrected chi connectivity index (χ4v) is 4.43. The molecule has 4 rings (SSSR count). The fourth-order valence-electron chi connectivity index (χ4n) is 4.43. The Kier molecular flexibility index (Phi) is 6.48. The van der Waals surface area contributed by atoms with E-state index in [2.05, 4.69) is 60.1 Å². The molecule has 0 fully saturated rings. The third-order valence-corrected chi connectivity index (χ3v) is 6.14. The van der Waals surface area contributed by atoms with E-state index < -0.39 is 0 Å². The lowest BCUT2D eigenvalue weighted by molar-refractivity contribution is -0.125. The van der Waals surface area contributed by atoms with Gasteiger partial charge in [-0.15, -0.1) is 0 Å². The van der Waals surface area contributed by atoms with E-state index in [1.807, 2.05) is 17.0 Å². The Balaban J connectivity index is 1.48. The van der Waals surface area contributed by atoms with Gasteiger partial charge < -0.3 is 4.90 Å². The fraction of sp³-hybridized carbons (Fsp3) is 0.440. The summed E-state index contributed by atoms with van der Waals surface area (Å²) in [5.41, 5.74) is 4.55. The van der Waals surface area contributed by atoms with Crippen molar-refractivity contribution in [3.63, 3.8) is 0 Å². The van der Waals surface area contributed by atoms with Gasteiger partial charge in [-0.3, -0.25) is 19.6 Å². The summed E-state index contributed by atoms with van der Waals surface area (Å²) in [7, 11) is 0. The molecule has 0 spiro atoms. The van der Waals surface area contributed by atoms with Crippen molar-refractivity contribution in [2.45, 2.75) is 39.7 Å². The van der Waals surface area contributed by atoms with Crippen molar-refractivity contribution in [3.05, 3.63) is 71.0 Å². The van der Waals surface area contributed by atoms with Crippen molar-refractivity contribution in [2.75, 3.05) is 32.7 Å². The van der Waals surface area contributed by atoms with Crippen molar-refractivity contribution in [3.8, 4) is 0 Å². The van der Waals surface area contributed by atoms with Crippen molar-refractivity contribution in [1.82, 2.24) is 14.7 Å². The molecular weight excluding hydrogens is 372 g/mol. The van der Waals surface area contributed by atoms with Crippen LogP contribution in [-0.2, 0) is 11.3 Å². The maximum atomic E-state index is 13.5. The van der Waals surface area contributed by atoms with Crippen LogP contribution in [0, 0.1) is 6.92 Å². The van der Waals surface area contributed by atoms with Crippen molar-refractivity contribution < 1.29 is 4.79 Å². The highest BCUT2D eigenvalue weighted by Gasteiger charge is 2.40. The molecule has 0 aromatic heterocycles. The molecule has 0 radical (unpaired) electrons. The molecular formula is C25H32N4O.